The minimum absolute atomic E-state index is 0.127. The third-order valence-electron chi connectivity index (χ3n) is 1.75. The summed E-state index contributed by atoms with van der Waals surface area (Å²) in [6, 6.07) is 0. The quantitative estimate of drug-likeness (QED) is 0.442. The Balaban J connectivity index is 2.81. The minimum atomic E-state index is -0.172. The van der Waals surface area contributed by atoms with Crippen LogP contribution in [0.15, 0.2) is 4.79 Å². The first kappa shape index (κ1) is 10.9. The van der Waals surface area contributed by atoms with Gasteiger partial charge in [-0.2, -0.15) is 0 Å². The maximum Gasteiger partial charge on any atom is 0.256 e. The van der Waals surface area contributed by atoms with Gasteiger partial charge in [-0.05, 0) is 20.8 Å². The Hall–Kier alpha value is -1.20. The van der Waals surface area contributed by atoms with E-state index in [0.29, 0.717) is 23.7 Å². The number of H-pyrrole nitrogens is 1. The molecule has 0 amide bonds. The van der Waals surface area contributed by atoms with Crippen molar-refractivity contribution >= 4 is 0 Å². The summed E-state index contributed by atoms with van der Waals surface area (Å²) in [7, 11) is 0. The van der Waals surface area contributed by atoms with Gasteiger partial charge in [0.15, 0.2) is 0 Å². The average Bonchev–Trinajstić information content (AvgIpc) is 2.09. The number of nitrogens with zero attached hydrogens (tertiary/aromatic N) is 1. The van der Waals surface area contributed by atoms with Crippen LogP contribution in [-0.2, 0) is 16.4 Å². The van der Waals surface area contributed by atoms with Gasteiger partial charge in [-0.25, -0.2) is 14.8 Å². The van der Waals surface area contributed by atoms with Crippen LogP contribution in [0.1, 0.15) is 24.0 Å². The van der Waals surface area contributed by atoms with E-state index >= 15 is 0 Å². The van der Waals surface area contributed by atoms with E-state index in [0.717, 1.165) is 0 Å². The van der Waals surface area contributed by atoms with Gasteiger partial charge in [0.05, 0.1) is 17.9 Å². The smallest absolute Gasteiger partial charge is 0.256 e. The van der Waals surface area contributed by atoms with E-state index in [1.165, 1.54) is 0 Å². The molecule has 0 radical (unpaired) electrons. The van der Waals surface area contributed by atoms with Gasteiger partial charge in [0, 0.05) is 0 Å². The minimum Gasteiger partial charge on any atom is -0.310 e. The first-order valence-electron chi connectivity index (χ1n) is 4.46. The van der Waals surface area contributed by atoms with Crippen molar-refractivity contribution in [2.45, 2.75) is 27.4 Å². The lowest BCUT2D eigenvalue weighted by Gasteiger charge is -2.04. The first-order valence-corrected chi connectivity index (χ1v) is 4.46. The highest BCUT2D eigenvalue weighted by molar-refractivity contribution is 5.14. The molecule has 1 rings (SSSR count). The van der Waals surface area contributed by atoms with Gasteiger partial charge < -0.3 is 4.98 Å². The number of hydrogen-bond donors (Lipinski definition) is 1. The summed E-state index contributed by atoms with van der Waals surface area (Å²) >= 11 is 0. The van der Waals surface area contributed by atoms with E-state index < -0.39 is 0 Å². The zero-order valence-electron chi connectivity index (χ0n) is 8.59. The molecule has 0 bridgehead atoms. The van der Waals surface area contributed by atoms with Crippen molar-refractivity contribution in [2.24, 2.45) is 0 Å². The molecule has 0 unspecified atom stereocenters. The Kier molecular flexibility index (Phi) is 3.79. The van der Waals surface area contributed by atoms with E-state index in [1.807, 2.05) is 6.92 Å². The van der Waals surface area contributed by atoms with Crippen molar-refractivity contribution < 1.29 is 9.78 Å². The molecule has 0 aliphatic rings. The molecule has 1 aromatic heterocycles. The summed E-state index contributed by atoms with van der Waals surface area (Å²) in [5, 5.41) is 0. The first-order chi connectivity index (χ1) is 6.65. The fraction of sp³-hybridized carbons (Fsp3) is 0.556. The molecule has 78 valence electrons. The molecular formula is C9H14N2O3. The van der Waals surface area contributed by atoms with E-state index in [-0.39, 0.29) is 12.2 Å². The molecule has 1 aromatic rings. The van der Waals surface area contributed by atoms with Crippen LogP contribution in [0.4, 0.5) is 0 Å². The largest absolute Gasteiger partial charge is 0.310 e. The predicted molar refractivity (Wildman–Crippen MR) is 50.7 cm³/mol. The molecule has 0 saturated carbocycles. The molecule has 0 aliphatic heterocycles. The van der Waals surface area contributed by atoms with Crippen molar-refractivity contribution in [3.8, 4) is 0 Å². The molecule has 14 heavy (non-hydrogen) atoms. The van der Waals surface area contributed by atoms with Crippen LogP contribution in [0.5, 0.6) is 0 Å². The normalized spacial score (nSPS) is 10.5. The van der Waals surface area contributed by atoms with E-state index in [2.05, 4.69) is 9.97 Å². The van der Waals surface area contributed by atoms with Crippen LogP contribution in [0.3, 0.4) is 0 Å². The third kappa shape index (κ3) is 2.65. The highest BCUT2D eigenvalue weighted by Crippen LogP contribution is 2.00. The molecule has 0 fully saturated rings. The average molecular weight is 198 g/mol. The van der Waals surface area contributed by atoms with Crippen LogP contribution in [0.2, 0.25) is 0 Å². The summed E-state index contributed by atoms with van der Waals surface area (Å²) in [4.78, 5) is 27.7. The SMILES string of the molecule is CCOOCc1c(C)nc(C)[nH]c1=O. The summed E-state index contributed by atoms with van der Waals surface area (Å²) < 4.78 is 0. The fourth-order valence-electron chi connectivity index (χ4n) is 1.10. The molecule has 5 nitrogen and oxygen atoms in total. The third-order valence-corrected chi connectivity index (χ3v) is 1.75. The molecule has 1 heterocycles. The maximum absolute atomic E-state index is 11.4. The van der Waals surface area contributed by atoms with E-state index in [4.69, 9.17) is 9.78 Å². The monoisotopic (exact) mass is 198 g/mol. The van der Waals surface area contributed by atoms with Crippen LogP contribution in [-0.4, -0.2) is 16.6 Å². The summed E-state index contributed by atoms with van der Waals surface area (Å²) in [5.74, 6) is 0.604. The summed E-state index contributed by atoms with van der Waals surface area (Å²) in [5.41, 5.74) is 1.00. The van der Waals surface area contributed by atoms with E-state index in [1.54, 1.807) is 13.8 Å². The number of aryl methyl sites for hydroxylation is 2. The van der Waals surface area contributed by atoms with Crippen molar-refractivity contribution in [3.63, 3.8) is 0 Å². The second-order valence-corrected chi connectivity index (χ2v) is 2.88. The zero-order chi connectivity index (χ0) is 10.6. The highest BCUT2D eigenvalue weighted by Gasteiger charge is 2.06. The van der Waals surface area contributed by atoms with Gasteiger partial charge in [-0.15, -0.1) is 0 Å². The topological polar surface area (TPSA) is 64.2 Å². The summed E-state index contributed by atoms with van der Waals surface area (Å²) in [6.45, 7) is 5.90. The Morgan fingerprint density at radius 2 is 2.07 bits per heavy atom. The van der Waals surface area contributed by atoms with Gasteiger partial charge in [0.2, 0.25) is 0 Å². The predicted octanol–water partition coefficient (Wildman–Crippen LogP) is 0.855. The lowest BCUT2D eigenvalue weighted by atomic mass is 10.2. The number of hydrogen-bond acceptors (Lipinski definition) is 4. The Bertz CT molecular complexity index is 360. The molecular weight excluding hydrogens is 184 g/mol. The second-order valence-electron chi connectivity index (χ2n) is 2.88. The number of aromatic amines is 1. The Morgan fingerprint density at radius 1 is 1.36 bits per heavy atom. The van der Waals surface area contributed by atoms with Gasteiger partial charge in [-0.1, -0.05) is 0 Å². The van der Waals surface area contributed by atoms with Crippen LogP contribution in [0.25, 0.3) is 0 Å². The van der Waals surface area contributed by atoms with Gasteiger partial charge in [0.1, 0.15) is 12.4 Å². The standard InChI is InChI=1S/C9H14N2O3/c1-4-13-14-5-8-6(2)10-7(3)11-9(8)12/h4-5H2,1-3H3,(H,10,11,12). The van der Waals surface area contributed by atoms with Crippen LogP contribution < -0.4 is 5.56 Å². The Morgan fingerprint density at radius 3 is 2.64 bits per heavy atom. The Labute approximate surface area is 82.0 Å². The van der Waals surface area contributed by atoms with Gasteiger partial charge >= 0.3 is 0 Å². The lowest BCUT2D eigenvalue weighted by molar-refractivity contribution is -0.300. The van der Waals surface area contributed by atoms with Crippen molar-refractivity contribution in [2.75, 3.05) is 6.61 Å². The maximum atomic E-state index is 11.4. The van der Waals surface area contributed by atoms with Gasteiger partial charge in [0.25, 0.3) is 5.56 Å². The zero-order valence-corrected chi connectivity index (χ0v) is 8.59. The molecule has 0 atom stereocenters. The van der Waals surface area contributed by atoms with Crippen molar-refractivity contribution in [1.82, 2.24) is 9.97 Å². The molecule has 5 heteroatoms. The lowest BCUT2D eigenvalue weighted by Crippen LogP contribution is -2.18. The number of aromatic nitrogens is 2. The van der Waals surface area contributed by atoms with E-state index in [9.17, 15) is 4.79 Å². The fourth-order valence-corrected chi connectivity index (χ4v) is 1.10. The highest BCUT2D eigenvalue weighted by atomic mass is 17.2. The van der Waals surface area contributed by atoms with Crippen molar-refractivity contribution in [1.29, 1.82) is 0 Å². The molecule has 0 saturated heterocycles. The second kappa shape index (κ2) is 4.88. The molecule has 0 spiro atoms. The summed E-state index contributed by atoms with van der Waals surface area (Å²) in [6.07, 6.45) is 0. The molecule has 1 N–H and O–H groups in total. The van der Waals surface area contributed by atoms with Crippen LogP contribution in [0, 0.1) is 13.8 Å². The van der Waals surface area contributed by atoms with Crippen LogP contribution >= 0.6 is 0 Å². The number of nitrogens with one attached hydrogen (secondary N) is 1. The molecule has 0 aromatic carbocycles. The van der Waals surface area contributed by atoms with Gasteiger partial charge in [-0.3, -0.25) is 4.79 Å². The number of rotatable bonds is 4. The van der Waals surface area contributed by atoms with Crippen molar-refractivity contribution in [3.05, 3.63) is 27.4 Å². The molecule has 0 aliphatic carbocycles.